The van der Waals surface area contributed by atoms with Crippen molar-refractivity contribution in [2.24, 2.45) is 34.5 Å². The molecular formula is C22H34O4. The van der Waals surface area contributed by atoms with E-state index in [1.807, 2.05) is 13.0 Å². The Morgan fingerprint density at radius 3 is 2.73 bits per heavy atom. The van der Waals surface area contributed by atoms with Gasteiger partial charge in [0.1, 0.15) is 6.10 Å². The molecule has 1 unspecified atom stereocenters. The van der Waals surface area contributed by atoms with Crippen molar-refractivity contribution in [2.45, 2.75) is 77.9 Å². The summed E-state index contributed by atoms with van der Waals surface area (Å²) >= 11 is 0. The summed E-state index contributed by atoms with van der Waals surface area (Å²) in [6, 6.07) is 0. The molecule has 0 amide bonds. The van der Waals surface area contributed by atoms with Gasteiger partial charge in [-0.25, -0.2) is 4.79 Å². The van der Waals surface area contributed by atoms with Gasteiger partial charge in [0.25, 0.3) is 0 Å². The van der Waals surface area contributed by atoms with Gasteiger partial charge in [-0.15, -0.1) is 0 Å². The fourth-order valence-electron chi connectivity index (χ4n) is 7.20. The zero-order valence-corrected chi connectivity index (χ0v) is 16.4. The first-order chi connectivity index (χ1) is 12.4. The lowest BCUT2D eigenvalue weighted by molar-refractivity contribution is -0.106. The molecule has 4 rings (SSSR count). The largest absolute Gasteiger partial charge is 0.508 e. The number of aliphatic hydroxyl groups excluding tert-OH is 1. The molecule has 3 fully saturated rings. The summed E-state index contributed by atoms with van der Waals surface area (Å²) in [4.78, 5) is 11.9. The van der Waals surface area contributed by atoms with Gasteiger partial charge >= 0.3 is 6.16 Å². The Morgan fingerprint density at radius 1 is 1.15 bits per heavy atom. The van der Waals surface area contributed by atoms with Crippen LogP contribution < -0.4 is 0 Å². The van der Waals surface area contributed by atoms with Crippen LogP contribution >= 0.6 is 0 Å². The topological polar surface area (TPSA) is 55.8 Å². The first-order valence-electron chi connectivity index (χ1n) is 10.6. The average Bonchev–Trinajstić information content (AvgIpc) is 2.92. The summed E-state index contributed by atoms with van der Waals surface area (Å²) in [6.07, 6.45) is 11.5. The van der Waals surface area contributed by atoms with Crippen molar-refractivity contribution in [3.05, 3.63) is 12.2 Å². The third-order valence-corrected chi connectivity index (χ3v) is 8.58. The molecule has 0 aromatic carbocycles. The highest BCUT2D eigenvalue weighted by Crippen LogP contribution is 2.65. The van der Waals surface area contributed by atoms with Crippen molar-refractivity contribution in [2.75, 3.05) is 6.61 Å². The molecule has 0 radical (unpaired) electrons. The predicted molar refractivity (Wildman–Crippen MR) is 99.5 cm³/mol. The Balaban J connectivity index is 1.54. The van der Waals surface area contributed by atoms with Crippen LogP contribution in [-0.4, -0.2) is 30.1 Å². The molecule has 3 saturated carbocycles. The maximum atomic E-state index is 11.9. The molecule has 0 heterocycles. The highest BCUT2D eigenvalue weighted by atomic mass is 16.7. The first-order valence-corrected chi connectivity index (χ1v) is 10.6. The molecule has 0 aliphatic heterocycles. The van der Waals surface area contributed by atoms with Crippen LogP contribution in [0.1, 0.15) is 65.7 Å². The highest BCUT2D eigenvalue weighted by Gasteiger charge is 2.60. The van der Waals surface area contributed by atoms with Gasteiger partial charge in [-0.2, -0.15) is 0 Å². The fourth-order valence-corrected chi connectivity index (χ4v) is 7.20. The molecule has 0 spiro atoms. The van der Waals surface area contributed by atoms with Crippen LogP contribution in [0.4, 0.5) is 4.79 Å². The van der Waals surface area contributed by atoms with Crippen LogP contribution in [0.5, 0.6) is 0 Å². The Kier molecular flexibility index (Phi) is 4.61. The van der Waals surface area contributed by atoms with Crippen LogP contribution in [0.25, 0.3) is 0 Å². The van der Waals surface area contributed by atoms with E-state index in [0.29, 0.717) is 30.3 Å². The third-order valence-electron chi connectivity index (χ3n) is 8.58. The van der Waals surface area contributed by atoms with Crippen LogP contribution in [0.2, 0.25) is 0 Å². The third kappa shape index (κ3) is 2.71. The van der Waals surface area contributed by atoms with E-state index in [0.717, 1.165) is 25.7 Å². The van der Waals surface area contributed by atoms with E-state index in [-0.39, 0.29) is 23.0 Å². The maximum absolute atomic E-state index is 11.9. The molecule has 0 bridgehead atoms. The van der Waals surface area contributed by atoms with Crippen molar-refractivity contribution < 1.29 is 19.4 Å². The van der Waals surface area contributed by atoms with E-state index in [4.69, 9.17) is 9.47 Å². The van der Waals surface area contributed by atoms with Crippen molar-refractivity contribution in [1.29, 1.82) is 0 Å². The van der Waals surface area contributed by atoms with Gasteiger partial charge in [0, 0.05) is 5.41 Å². The van der Waals surface area contributed by atoms with Gasteiger partial charge < -0.3 is 14.6 Å². The molecule has 8 atom stereocenters. The number of fused-ring (bicyclic) bond motifs is 5. The molecule has 4 aliphatic rings. The Bertz CT molecular complexity index is 587. The second-order valence-corrected chi connectivity index (χ2v) is 9.59. The maximum Gasteiger partial charge on any atom is 0.508 e. The molecule has 146 valence electrons. The number of carbonyl (C=O) groups excluding carboxylic acids is 1. The van der Waals surface area contributed by atoms with Crippen LogP contribution in [0, 0.1) is 34.5 Å². The molecule has 4 nitrogen and oxygen atoms in total. The summed E-state index contributed by atoms with van der Waals surface area (Å²) in [5.74, 6) is 2.66. The first kappa shape index (κ1) is 18.3. The predicted octanol–water partition coefficient (Wildman–Crippen LogP) is 4.71. The van der Waals surface area contributed by atoms with E-state index in [2.05, 4.69) is 19.9 Å². The lowest BCUT2D eigenvalue weighted by Crippen LogP contribution is -2.53. The van der Waals surface area contributed by atoms with E-state index < -0.39 is 6.16 Å². The molecule has 1 N–H and O–H groups in total. The van der Waals surface area contributed by atoms with Crippen molar-refractivity contribution in [1.82, 2.24) is 0 Å². The van der Waals surface area contributed by atoms with Crippen molar-refractivity contribution in [3.8, 4) is 0 Å². The van der Waals surface area contributed by atoms with Gasteiger partial charge in [0.2, 0.25) is 0 Å². The SMILES string of the molecule is CCOC(=O)O[C@H]1CC[C@H]2[C@@H]3CCC4C[C@@H](O)C=C[C@]4(C)[C@H]3CC[C@]12C. The smallest absolute Gasteiger partial charge is 0.435 e. The summed E-state index contributed by atoms with van der Waals surface area (Å²) in [7, 11) is 0. The summed E-state index contributed by atoms with van der Waals surface area (Å²) in [5, 5.41) is 10.1. The number of allylic oxidation sites excluding steroid dienone is 1. The normalized spacial score (nSPS) is 49.7. The van der Waals surface area contributed by atoms with Gasteiger partial charge in [-0.05, 0) is 81.0 Å². The van der Waals surface area contributed by atoms with Crippen molar-refractivity contribution >= 4 is 6.16 Å². The molecule has 4 aliphatic carbocycles. The lowest BCUT2D eigenvalue weighted by atomic mass is 9.46. The zero-order chi connectivity index (χ0) is 18.5. The molecule has 0 saturated heterocycles. The number of carbonyl (C=O) groups is 1. The van der Waals surface area contributed by atoms with Gasteiger partial charge in [0.05, 0.1) is 12.7 Å². The van der Waals surface area contributed by atoms with Crippen LogP contribution in [-0.2, 0) is 9.47 Å². The van der Waals surface area contributed by atoms with Crippen LogP contribution in [0.3, 0.4) is 0 Å². The van der Waals surface area contributed by atoms with Crippen LogP contribution in [0.15, 0.2) is 12.2 Å². The zero-order valence-electron chi connectivity index (χ0n) is 16.4. The van der Waals surface area contributed by atoms with Gasteiger partial charge in [0.15, 0.2) is 0 Å². The Hall–Kier alpha value is -1.03. The number of hydrogen-bond acceptors (Lipinski definition) is 4. The minimum Gasteiger partial charge on any atom is -0.435 e. The number of rotatable bonds is 2. The second kappa shape index (κ2) is 6.54. The summed E-state index contributed by atoms with van der Waals surface area (Å²) < 4.78 is 10.8. The lowest BCUT2D eigenvalue weighted by Gasteiger charge is -2.59. The minimum atomic E-state index is -0.499. The number of aliphatic hydroxyl groups is 1. The molecule has 4 heteroatoms. The van der Waals surface area contributed by atoms with Gasteiger partial charge in [-0.1, -0.05) is 26.0 Å². The summed E-state index contributed by atoms with van der Waals surface area (Å²) in [5.41, 5.74) is 0.318. The van der Waals surface area contributed by atoms with E-state index >= 15 is 0 Å². The van der Waals surface area contributed by atoms with E-state index in [1.54, 1.807) is 0 Å². The van der Waals surface area contributed by atoms with E-state index in [1.165, 1.54) is 19.3 Å². The summed E-state index contributed by atoms with van der Waals surface area (Å²) in [6.45, 7) is 6.97. The molecule has 26 heavy (non-hydrogen) atoms. The number of ether oxygens (including phenoxy) is 2. The average molecular weight is 363 g/mol. The second-order valence-electron chi connectivity index (χ2n) is 9.59. The molecular weight excluding hydrogens is 328 g/mol. The van der Waals surface area contributed by atoms with Gasteiger partial charge in [-0.3, -0.25) is 0 Å². The fraction of sp³-hybridized carbons (Fsp3) is 0.864. The quantitative estimate of drug-likeness (QED) is 0.571. The van der Waals surface area contributed by atoms with Crippen molar-refractivity contribution in [3.63, 3.8) is 0 Å². The highest BCUT2D eigenvalue weighted by molar-refractivity contribution is 5.60. The standard InChI is InChI=1S/C22H34O4/c1-4-25-20(24)26-19-8-7-17-16-6-5-14-13-15(23)9-11-21(14,2)18(16)10-12-22(17,19)3/h9,11,14-19,23H,4-8,10,12-13H2,1-3H3/t14?,15-,16-,17-,18-,19-,21-,22-/m0/s1. The molecule has 0 aromatic heterocycles. The molecule has 0 aromatic rings. The minimum absolute atomic E-state index is 0.00162. The Labute approximate surface area is 157 Å². The Morgan fingerprint density at radius 2 is 1.96 bits per heavy atom. The number of hydrogen-bond donors (Lipinski definition) is 1. The van der Waals surface area contributed by atoms with E-state index in [9.17, 15) is 9.90 Å². The monoisotopic (exact) mass is 362 g/mol.